The van der Waals surface area contributed by atoms with Crippen LogP contribution in [0, 0.1) is 0 Å². The molecule has 0 aliphatic carbocycles. The lowest BCUT2D eigenvalue weighted by Crippen LogP contribution is -2.00. The molecule has 262 valence electrons. The molecule has 3 heterocycles. The van der Waals surface area contributed by atoms with Gasteiger partial charge in [-0.25, -0.2) is 15.0 Å². The average molecular weight is 734 g/mol. The van der Waals surface area contributed by atoms with Gasteiger partial charge >= 0.3 is 0 Å². The Kier molecular flexibility index (Phi) is 7.64. The van der Waals surface area contributed by atoms with Crippen molar-refractivity contribution in [1.29, 1.82) is 0 Å². The number of aromatic nitrogens is 3. The first-order valence-electron chi connectivity index (χ1n) is 18.7. The average Bonchev–Trinajstić information content (AvgIpc) is 3.85. The smallest absolute Gasteiger partial charge is 0.165 e. The number of thiophene rings is 1. The lowest BCUT2D eigenvalue weighted by molar-refractivity contribution is 0.669. The Labute approximate surface area is 327 Å². The summed E-state index contributed by atoms with van der Waals surface area (Å²) in [5, 5.41) is 4.42. The summed E-state index contributed by atoms with van der Waals surface area (Å²) in [6.45, 7) is 0. The van der Waals surface area contributed by atoms with Gasteiger partial charge in [-0.3, -0.25) is 0 Å². The van der Waals surface area contributed by atoms with Crippen molar-refractivity contribution in [3.05, 3.63) is 188 Å². The zero-order valence-corrected chi connectivity index (χ0v) is 30.9. The van der Waals surface area contributed by atoms with Gasteiger partial charge in [0, 0.05) is 47.6 Å². The minimum absolute atomic E-state index is 0.604. The van der Waals surface area contributed by atoms with Gasteiger partial charge < -0.3 is 4.42 Å². The van der Waals surface area contributed by atoms with Gasteiger partial charge in [-0.1, -0.05) is 158 Å². The number of rotatable bonds is 6. The lowest BCUT2D eigenvalue weighted by atomic mass is 9.99. The number of fused-ring (bicyclic) bond motifs is 6. The molecule has 11 rings (SSSR count). The van der Waals surface area contributed by atoms with Crippen molar-refractivity contribution >= 4 is 53.4 Å². The number of furan rings is 1. The molecular formula is C51H31N3OS. The summed E-state index contributed by atoms with van der Waals surface area (Å²) in [7, 11) is 0. The lowest BCUT2D eigenvalue weighted by Gasteiger charge is -2.10. The van der Waals surface area contributed by atoms with Crippen molar-refractivity contribution in [2.75, 3.05) is 0 Å². The van der Waals surface area contributed by atoms with Gasteiger partial charge in [-0.15, -0.1) is 11.3 Å². The Balaban J connectivity index is 1.05. The highest BCUT2D eigenvalue weighted by Crippen LogP contribution is 2.42. The first-order valence-corrected chi connectivity index (χ1v) is 19.5. The molecule has 0 unspecified atom stereocenters. The SMILES string of the molecule is c1ccc(-c2ccc(-c3ccc4c(c3)oc3cccc(-c5nc(-c6ccccc6)nc(-c6cccc7c6sc6cc(-c8ccccc8)ccc67)n5)c34)cc2)cc1. The fraction of sp³-hybridized carbons (Fsp3) is 0. The van der Waals surface area contributed by atoms with Crippen LogP contribution in [0.2, 0.25) is 0 Å². The third-order valence-corrected chi connectivity index (χ3v) is 11.8. The van der Waals surface area contributed by atoms with Crippen molar-refractivity contribution < 1.29 is 4.42 Å². The largest absolute Gasteiger partial charge is 0.456 e. The summed E-state index contributed by atoms with van der Waals surface area (Å²) in [6.07, 6.45) is 0. The summed E-state index contributed by atoms with van der Waals surface area (Å²) in [5.74, 6) is 1.87. The van der Waals surface area contributed by atoms with Crippen LogP contribution in [0.25, 0.3) is 110 Å². The minimum atomic E-state index is 0.604. The molecule has 11 aromatic rings. The van der Waals surface area contributed by atoms with E-state index in [0.29, 0.717) is 17.5 Å². The molecule has 4 nitrogen and oxygen atoms in total. The topological polar surface area (TPSA) is 51.8 Å². The van der Waals surface area contributed by atoms with Crippen LogP contribution < -0.4 is 0 Å². The molecule has 3 aromatic heterocycles. The molecule has 0 atom stereocenters. The van der Waals surface area contributed by atoms with Gasteiger partial charge in [0.25, 0.3) is 0 Å². The van der Waals surface area contributed by atoms with E-state index in [1.165, 1.54) is 37.7 Å². The van der Waals surface area contributed by atoms with E-state index in [1.54, 1.807) is 11.3 Å². The van der Waals surface area contributed by atoms with Gasteiger partial charge in [0.15, 0.2) is 17.5 Å². The molecule has 0 saturated heterocycles. The van der Waals surface area contributed by atoms with Crippen LogP contribution in [0.3, 0.4) is 0 Å². The Morgan fingerprint density at radius 2 is 0.857 bits per heavy atom. The van der Waals surface area contributed by atoms with Crippen LogP contribution in [-0.4, -0.2) is 15.0 Å². The number of nitrogens with zero attached hydrogens (tertiary/aromatic N) is 3. The second-order valence-corrected chi connectivity index (χ2v) is 15.0. The molecule has 8 aromatic carbocycles. The Morgan fingerprint density at radius 3 is 1.57 bits per heavy atom. The quantitative estimate of drug-likeness (QED) is 0.171. The van der Waals surface area contributed by atoms with Crippen LogP contribution in [0.1, 0.15) is 0 Å². The van der Waals surface area contributed by atoms with Crippen LogP contribution >= 0.6 is 11.3 Å². The normalized spacial score (nSPS) is 11.6. The van der Waals surface area contributed by atoms with E-state index in [9.17, 15) is 0 Å². The van der Waals surface area contributed by atoms with Crippen LogP contribution in [-0.2, 0) is 0 Å². The standard InChI is InChI=1S/C51H31N3OS/c1-4-12-32(13-5-1)34-22-24-35(25-23-34)37-27-29-41-45(30-37)55-44-21-11-19-42(47(41)44)50-52-49(36-16-8-3-9-17-36)53-51(54-50)43-20-10-18-40-39-28-26-38(31-46(39)56-48(40)43)33-14-6-2-7-15-33/h1-31H. The summed E-state index contributed by atoms with van der Waals surface area (Å²) in [4.78, 5) is 15.6. The molecule has 0 fully saturated rings. The van der Waals surface area contributed by atoms with E-state index in [1.807, 2.05) is 36.4 Å². The van der Waals surface area contributed by atoms with E-state index in [0.717, 1.165) is 54.5 Å². The Hall–Kier alpha value is -7.21. The summed E-state index contributed by atoms with van der Waals surface area (Å²) >= 11 is 1.78. The zero-order chi connectivity index (χ0) is 37.0. The van der Waals surface area contributed by atoms with Crippen LogP contribution in [0.4, 0.5) is 0 Å². The highest BCUT2D eigenvalue weighted by molar-refractivity contribution is 7.26. The highest BCUT2D eigenvalue weighted by atomic mass is 32.1. The molecule has 0 amide bonds. The second kappa shape index (κ2) is 13.3. The molecule has 0 aliphatic heterocycles. The highest BCUT2D eigenvalue weighted by Gasteiger charge is 2.20. The maximum atomic E-state index is 6.56. The zero-order valence-electron chi connectivity index (χ0n) is 30.1. The predicted octanol–water partition coefficient (Wildman–Crippen LogP) is 14.1. The summed E-state index contributed by atoms with van der Waals surface area (Å²) in [5.41, 5.74) is 11.5. The number of benzene rings is 8. The van der Waals surface area contributed by atoms with Gasteiger partial charge in [0.05, 0.1) is 0 Å². The molecule has 56 heavy (non-hydrogen) atoms. The first-order chi connectivity index (χ1) is 27.7. The van der Waals surface area contributed by atoms with Gasteiger partial charge in [0.1, 0.15) is 11.2 Å². The molecule has 0 radical (unpaired) electrons. The van der Waals surface area contributed by atoms with E-state index >= 15 is 0 Å². The maximum absolute atomic E-state index is 6.56. The molecule has 0 saturated carbocycles. The Bertz CT molecular complexity index is 3230. The second-order valence-electron chi connectivity index (χ2n) is 14.0. The summed E-state index contributed by atoms with van der Waals surface area (Å²) < 4.78 is 8.95. The van der Waals surface area contributed by atoms with Crippen LogP contribution in [0.5, 0.6) is 0 Å². The van der Waals surface area contributed by atoms with Gasteiger partial charge in [0.2, 0.25) is 0 Å². The van der Waals surface area contributed by atoms with E-state index in [-0.39, 0.29) is 0 Å². The van der Waals surface area contributed by atoms with Crippen molar-refractivity contribution in [2.24, 2.45) is 0 Å². The van der Waals surface area contributed by atoms with E-state index < -0.39 is 0 Å². The molecule has 5 heteroatoms. The molecule has 0 bridgehead atoms. The van der Waals surface area contributed by atoms with Crippen molar-refractivity contribution in [2.45, 2.75) is 0 Å². The number of hydrogen-bond donors (Lipinski definition) is 0. The van der Waals surface area contributed by atoms with Crippen molar-refractivity contribution in [3.63, 3.8) is 0 Å². The minimum Gasteiger partial charge on any atom is -0.456 e. The monoisotopic (exact) mass is 733 g/mol. The summed E-state index contributed by atoms with van der Waals surface area (Å²) in [6, 6.07) is 65.6. The number of hydrogen-bond acceptors (Lipinski definition) is 5. The van der Waals surface area contributed by atoms with Crippen molar-refractivity contribution in [1.82, 2.24) is 15.0 Å². The van der Waals surface area contributed by atoms with Gasteiger partial charge in [-0.05, 0) is 63.7 Å². The van der Waals surface area contributed by atoms with Crippen LogP contribution in [0.15, 0.2) is 192 Å². The predicted molar refractivity (Wildman–Crippen MR) is 233 cm³/mol. The van der Waals surface area contributed by atoms with Gasteiger partial charge in [-0.2, -0.15) is 0 Å². The Morgan fingerprint density at radius 1 is 0.339 bits per heavy atom. The first kappa shape index (κ1) is 32.2. The third kappa shape index (κ3) is 5.56. The van der Waals surface area contributed by atoms with Crippen molar-refractivity contribution in [3.8, 4) is 67.5 Å². The molecule has 0 aliphatic rings. The molecule has 0 spiro atoms. The molecular weight excluding hydrogens is 703 g/mol. The fourth-order valence-electron chi connectivity index (χ4n) is 7.80. The fourth-order valence-corrected chi connectivity index (χ4v) is 9.05. The third-order valence-electron chi connectivity index (χ3n) is 10.6. The maximum Gasteiger partial charge on any atom is 0.165 e. The van der Waals surface area contributed by atoms with E-state index in [4.69, 9.17) is 19.4 Å². The van der Waals surface area contributed by atoms with E-state index in [2.05, 4.69) is 152 Å². The molecule has 0 N–H and O–H groups in total.